The molecule has 0 amide bonds. The van der Waals surface area contributed by atoms with Crippen molar-refractivity contribution in [1.82, 2.24) is 10.2 Å². The number of carboxylic acids is 1. The Bertz CT molecular complexity index is 488. The number of anilines is 1. The summed E-state index contributed by atoms with van der Waals surface area (Å²) in [5.74, 6) is 0.686. The van der Waals surface area contributed by atoms with E-state index in [4.69, 9.17) is 0 Å². The Kier molecular flexibility index (Phi) is 5.23. The van der Waals surface area contributed by atoms with Gasteiger partial charge in [-0.2, -0.15) is 16.9 Å². The zero-order valence-electron chi connectivity index (χ0n) is 12.0. The van der Waals surface area contributed by atoms with Gasteiger partial charge in [0.1, 0.15) is 5.56 Å². The van der Waals surface area contributed by atoms with Crippen LogP contribution in [-0.4, -0.2) is 38.8 Å². The standard InChI is InChI=1S/C14H21N3O2S/c1-3-10-11(4-2)16-17-13(12(10)14(18)19)15-8-9-6-5-7-20-9/h9H,3-8H2,1-2H3,(H,15,17)(H,18,19). The van der Waals surface area contributed by atoms with Crippen LogP contribution in [0.3, 0.4) is 0 Å². The van der Waals surface area contributed by atoms with Gasteiger partial charge in [-0.15, -0.1) is 5.10 Å². The Morgan fingerprint density at radius 2 is 2.20 bits per heavy atom. The summed E-state index contributed by atoms with van der Waals surface area (Å²) in [5.41, 5.74) is 1.88. The van der Waals surface area contributed by atoms with E-state index in [-0.39, 0.29) is 0 Å². The molecule has 1 aromatic rings. The molecule has 20 heavy (non-hydrogen) atoms. The Balaban J connectivity index is 2.24. The Morgan fingerprint density at radius 1 is 1.40 bits per heavy atom. The van der Waals surface area contributed by atoms with Crippen LogP contribution in [0.5, 0.6) is 0 Å². The molecule has 1 fully saturated rings. The predicted molar refractivity (Wildman–Crippen MR) is 81.7 cm³/mol. The molecule has 1 atom stereocenters. The van der Waals surface area contributed by atoms with Crippen LogP contribution in [0.2, 0.25) is 0 Å². The first-order chi connectivity index (χ1) is 9.67. The number of hydrogen-bond acceptors (Lipinski definition) is 5. The second-order valence-corrected chi connectivity index (χ2v) is 6.29. The van der Waals surface area contributed by atoms with Gasteiger partial charge in [0.2, 0.25) is 0 Å². The summed E-state index contributed by atoms with van der Waals surface area (Å²) in [7, 11) is 0. The molecule has 1 aliphatic rings. The highest BCUT2D eigenvalue weighted by molar-refractivity contribution is 8.00. The number of nitrogens with one attached hydrogen (secondary N) is 1. The van der Waals surface area contributed by atoms with Crippen LogP contribution in [0.25, 0.3) is 0 Å². The van der Waals surface area contributed by atoms with Gasteiger partial charge in [-0.1, -0.05) is 13.8 Å². The molecule has 0 spiro atoms. The minimum atomic E-state index is -0.923. The van der Waals surface area contributed by atoms with Crippen LogP contribution in [0.1, 0.15) is 48.3 Å². The molecule has 5 nitrogen and oxygen atoms in total. The molecule has 2 rings (SSSR count). The maximum Gasteiger partial charge on any atom is 0.339 e. The number of nitrogens with zero attached hydrogens (tertiary/aromatic N) is 2. The van der Waals surface area contributed by atoms with Crippen molar-refractivity contribution in [3.05, 3.63) is 16.8 Å². The van der Waals surface area contributed by atoms with Gasteiger partial charge in [0.15, 0.2) is 5.82 Å². The average Bonchev–Trinajstić information content (AvgIpc) is 2.96. The molecule has 0 bridgehead atoms. The third kappa shape index (κ3) is 3.23. The van der Waals surface area contributed by atoms with Gasteiger partial charge in [0.25, 0.3) is 0 Å². The van der Waals surface area contributed by atoms with Crippen molar-refractivity contribution in [2.45, 2.75) is 44.8 Å². The Labute approximate surface area is 123 Å². The molecule has 1 aromatic heterocycles. The van der Waals surface area contributed by atoms with Crippen LogP contribution in [0, 0.1) is 0 Å². The van der Waals surface area contributed by atoms with E-state index in [1.54, 1.807) is 0 Å². The monoisotopic (exact) mass is 295 g/mol. The number of aromatic nitrogens is 2. The lowest BCUT2D eigenvalue weighted by Crippen LogP contribution is -2.19. The summed E-state index contributed by atoms with van der Waals surface area (Å²) in [6.45, 7) is 4.69. The zero-order chi connectivity index (χ0) is 14.5. The van der Waals surface area contributed by atoms with E-state index >= 15 is 0 Å². The Morgan fingerprint density at radius 3 is 2.75 bits per heavy atom. The highest BCUT2D eigenvalue weighted by Crippen LogP contribution is 2.27. The SMILES string of the molecule is CCc1nnc(NCC2CCCS2)c(C(=O)O)c1CC. The van der Waals surface area contributed by atoms with Gasteiger partial charge < -0.3 is 10.4 Å². The van der Waals surface area contributed by atoms with Crippen molar-refractivity contribution in [2.75, 3.05) is 17.6 Å². The highest BCUT2D eigenvalue weighted by Gasteiger charge is 2.22. The fourth-order valence-corrected chi connectivity index (χ4v) is 3.74. The second-order valence-electron chi connectivity index (χ2n) is 4.88. The van der Waals surface area contributed by atoms with Crippen LogP contribution >= 0.6 is 11.8 Å². The normalized spacial score (nSPS) is 18.2. The number of thioether (sulfide) groups is 1. The van der Waals surface area contributed by atoms with Crippen LogP contribution in [-0.2, 0) is 12.8 Å². The van der Waals surface area contributed by atoms with Crippen molar-refractivity contribution in [2.24, 2.45) is 0 Å². The molecule has 2 heterocycles. The third-order valence-electron chi connectivity index (χ3n) is 3.58. The molecule has 0 saturated carbocycles. The minimum Gasteiger partial charge on any atom is -0.478 e. The summed E-state index contributed by atoms with van der Waals surface area (Å²) in [4.78, 5) is 11.6. The number of aryl methyl sites for hydroxylation is 1. The van der Waals surface area contributed by atoms with Gasteiger partial charge in [-0.05, 0) is 37.0 Å². The van der Waals surface area contributed by atoms with Gasteiger partial charge in [-0.25, -0.2) is 4.79 Å². The summed E-state index contributed by atoms with van der Waals surface area (Å²) >= 11 is 1.94. The quantitative estimate of drug-likeness (QED) is 0.840. The van der Waals surface area contributed by atoms with E-state index in [1.807, 2.05) is 25.6 Å². The summed E-state index contributed by atoms with van der Waals surface area (Å²) in [5, 5.41) is 21.5. The molecule has 2 N–H and O–H groups in total. The van der Waals surface area contributed by atoms with Crippen molar-refractivity contribution in [3.8, 4) is 0 Å². The molecule has 1 unspecified atom stereocenters. The molecular weight excluding hydrogens is 274 g/mol. The number of aromatic carboxylic acids is 1. The zero-order valence-corrected chi connectivity index (χ0v) is 12.8. The third-order valence-corrected chi connectivity index (χ3v) is 4.98. The van der Waals surface area contributed by atoms with E-state index in [0.717, 1.165) is 17.8 Å². The van der Waals surface area contributed by atoms with Gasteiger partial charge in [0.05, 0.1) is 5.69 Å². The van der Waals surface area contributed by atoms with Crippen molar-refractivity contribution < 1.29 is 9.90 Å². The number of carbonyl (C=O) groups is 1. The maximum absolute atomic E-state index is 11.6. The molecule has 1 saturated heterocycles. The lowest BCUT2D eigenvalue weighted by Gasteiger charge is -2.15. The van der Waals surface area contributed by atoms with E-state index < -0.39 is 5.97 Å². The molecule has 6 heteroatoms. The lowest BCUT2D eigenvalue weighted by atomic mass is 10.0. The fourth-order valence-electron chi connectivity index (χ4n) is 2.54. The van der Waals surface area contributed by atoms with E-state index in [9.17, 15) is 9.90 Å². The molecular formula is C14H21N3O2S. The first-order valence-electron chi connectivity index (χ1n) is 7.14. The molecule has 0 aromatic carbocycles. The van der Waals surface area contributed by atoms with E-state index in [1.165, 1.54) is 18.6 Å². The molecule has 1 aliphatic heterocycles. The summed E-state index contributed by atoms with van der Waals surface area (Å²) in [6, 6.07) is 0. The summed E-state index contributed by atoms with van der Waals surface area (Å²) < 4.78 is 0. The Hall–Kier alpha value is -1.30. The van der Waals surface area contributed by atoms with Gasteiger partial charge in [0, 0.05) is 11.8 Å². The van der Waals surface area contributed by atoms with Crippen LogP contribution in [0.4, 0.5) is 5.82 Å². The van der Waals surface area contributed by atoms with Gasteiger partial charge in [-0.3, -0.25) is 0 Å². The molecule has 0 radical (unpaired) electrons. The second kappa shape index (κ2) is 6.92. The summed E-state index contributed by atoms with van der Waals surface area (Å²) in [6.07, 6.45) is 3.78. The lowest BCUT2D eigenvalue weighted by molar-refractivity contribution is 0.0696. The molecule has 0 aliphatic carbocycles. The number of carboxylic acid groups (broad SMARTS) is 1. The maximum atomic E-state index is 11.6. The van der Waals surface area contributed by atoms with Crippen molar-refractivity contribution in [1.29, 1.82) is 0 Å². The number of hydrogen-bond donors (Lipinski definition) is 2. The molecule has 110 valence electrons. The van der Waals surface area contributed by atoms with Gasteiger partial charge >= 0.3 is 5.97 Å². The topological polar surface area (TPSA) is 75.1 Å². The smallest absolute Gasteiger partial charge is 0.339 e. The van der Waals surface area contributed by atoms with Crippen molar-refractivity contribution in [3.63, 3.8) is 0 Å². The predicted octanol–water partition coefficient (Wildman–Crippen LogP) is 2.61. The average molecular weight is 295 g/mol. The fraction of sp³-hybridized carbons (Fsp3) is 0.643. The van der Waals surface area contributed by atoms with E-state index in [2.05, 4.69) is 15.5 Å². The van der Waals surface area contributed by atoms with Crippen LogP contribution < -0.4 is 5.32 Å². The largest absolute Gasteiger partial charge is 0.478 e. The van der Waals surface area contributed by atoms with Crippen LogP contribution in [0.15, 0.2) is 0 Å². The first-order valence-corrected chi connectivity index (χ1v) is 8.19. The van der Waals surface area contributed by atoms with E-state index in [0.29, 0.717) is 29.5 Å². The van der Waals surface area contributed by atoms with Crippen molar-refractivity contribution >= 4 is 23.5 Å². The minimum absolute atomic E-state index is 0.294. The highest BCUT2D eigenvalue weighted by atomic mass is 32.2. The first kappa shape index (κ1) is 15.1. The number of rotatable bonds is 6.